The minimum atomic E-state index is 0.623. The fraction of sp³-hybridized carbons (Fsp3) is 0.636. The number of nitrogens with one attached hydrogen (secondary N) is 2. The molecule has 5 nitrogen and oxygen atoms in total. The summed E-state index contributed by atoms with van der Waals surface area (Å²) in [5.74, 6) is 1.96. The Bertz CT molecular complexity index is 357. The molecule has 0 bridgehead atoms. The lowest BCUT2D eigenvalue weighted by Gasteiger charge is -2.29. The van der Waals surface area contributed by atoms with Crippen molar-refractivity contribution in [2.24, 2.45) is 0 Å². The van der Waals surface area contributed by atoms with Crippen molar-refractivity contribution >= 4 is 11.6 Å². The molecule has 0 unspecified atom stereocenters. The molecule has 1 aliphatic carbocycles. The van der Waals surface area contributed by atoms with E-state index >= 15 is 0 Å². The van der Waals surface area contributed by atoms with Crippen LogP contribution >= 0.6 is 0 Å². The predicted molar refractivity (Wildman–Crippen MR) is 63.8 cm³/mol. The van der Waals surface area contributed by atoms with Crippen LogP contribution in [0.5, 0.6) is 0 Å². The van der Waals surface area contributed by atoms with E-state index in [1.165, 1.54) is 12.8 Å². The first-order valence-corrected chi connectivity index (χ1v) is 5.97. The van der Waals surface area contributed by atoms with E-state index < -0.39 is 0 Å². The van der Waals surface area contributed by atoms with Gasteiger partial charge in [-0.1, -0.05) is 0 Å². The monoisotopic (exact) mass is 219 g/mol. The van der Waals surface area contributed by atoms with Crippen LogP contribution in [0.2, 0.25) is 0 Å². The number of hydrogen-bond donors (Lipinski definition) is 2. The van der Waals surface area contributed by atoms with E-state index in [-0.39, 0.29) is 0 Å². The number of piperazine rings is 1. The van der Waals surface area contributed by atoms with Crippen molar-refractivity contribution in [1.29, 1.82) is 0 Å². The van der Waals surface area contributed by atoms with Crippen LogP contribution in [0.4, 0.5) is 11.6 Å². The molecule has 0 aromatic carbocycles. The molecule has 2 fully saturated rings. The van der Waals surface area contributed by atoms with Crippen LogP contribution in [0.1, 0.15) is 12.8 Å². The smallest absolute Gasteiger partial charge is 0.171 e. The van der Waals surface area contributed by atoms with Gasteiger partial charge in [0.15, 0.2) is 11.6 Å². The van der Waals surface area contributed by atoms with Crippen molar-refractivity contribution in [3.8, 4) is 0 Å². The molecule has 1 aromatic rings. The van der Waals surface area contributed by atoms with Crippen molar-refractivity contribution in [2.75, 3.05) is 36.4 Å². The van der Waals surface area contributed by atoms with E-state index in [0.717, 1.165) is 37.8 Å². The van der Waals surface area contributed by atoms with Gasteiger partial charge in [-0.15, -0.1) is 0 Å². The Morgan fingerprint density at radius 2 is 1.94 bits per heavy atom. The number of anilines is 2. The summed E-state index contributed by atoms with van der Waals surface area (Å²) >= 11 is 0. The molecule has 86 valence electrons. The molecule has 0 spiro atoms. The van der Waals surface area contributed by atoms with E-state index in [0.29, 0.717) is 6.04 Å². The summed E-state index contributed by atoms with van der Waals surface area (Å²) in [4.78, 5) is 11.2. The summed E-state index contributed by atoms with van der Waals surface area (Å²) in [6.45, 7) is 4.08. The van der Waals surface area contributed by atoms with Crippen LogP contribution in [0, 0.1) is 0 Å². The Kier molecular flexibility index (Phi) is 2.61. The van der Waals surface area contributed by atoms with Crippen LogP contribution < -0.4 is 15.5 Å². The Hall–Kier alpha value is -1.36. The molecule has 1 aliphatic heterocycles. The van der Waals surface area contributed by atoms with Crippen LogP contribution in [-0.4, -0.2) is 42.2 Å². The van der Waals surface area contributed by atoms with Gasteiger partial charge in [0.1, 0.15) is 0 Å². The topological polar surface area (TPSA) is 53.1 Å². The molecule has 1 saturated carbocycles. The van der Waals surface area contributed by atoms with Gasteiger partial charge in [-0.05, 0) is 12.8 Å². The van der Waals surface area contributed by atoms with E-state index in [9.17, 15) is 0 Å². The molecule has 2 N–H and O–H groups in total. The SMILES string of the molecule is c1cnc(N2CCNCC2)c(NC2CC2)n1. The first kappa shape index (κ1) is 9.84. The summed E-state index contributed by atoms with van der Waals surface area (Å²) < 4.78 is 0. The lowest BCUT2D eigenvalue weighted by Crippen LogP contribution is -2.44. The van der Waals surface area contributed by atoms with Crippen LogP contribution in [0.25, 0.3) is 0 Å². The third-order valence-electron chi connectivity index (χ3n) is 3.01. The van der Waals surface area contributed by atoms with Gasteiger partial charge in [-0.2, -0.15) is 0 Å². The molecule has 2 heterocycles. The molecule has 2 aliphatic rings. The average molecular weight is 219 g/mol. The van der Waals surface area contributed by atoms with Gasteiger partial charge in [0.2, 0.25) is 0 Å². The summed E-state index contributed by atoms with van der Waals surface area (Å²) in [6.07, 6.45) is 6.06. The Morgan fingerprint density at radius 1 is 1.19 bits per heavy atom. The normalized spacial score (nSPS) is 20.9. The van der Waals surface area contributed by atoms with Crippen molar-refractivity contribution in [2.45, 2.75) is 18.9 Å². The maximum Gasteiger partial charge on any atom is 0.171 e. The Labute approximate surface area is 95.3 Å². The molecule has 1 aromatic heterocycles. The second-order valence-corrected chi connectivity index (χ2v) is 4.38. The number of hydrogen-bond acceptors (Lipinski definition) is 5. The first-order chi connectivity index (χ1) is 7.93. The van der Waals surface area contributed by atoms with Crippen LogP contribution in [0.3, 0.4) is 0 Å². The van der Waals surface area contributed by atoms with Crippen LogP contribution in [-0.2, 0) is 0 Å². The lowest BCUT2D eigenvalue weighted by atomic mass is 10.3. The standard InChI is InChI=1S/C11H17N5/c1-2-9(1)15-10-11(14-4-3-13-10)16-7-5-12-6-8-16/h3-4,9,12H,1-2,5-8H2,(H,13,15). The number of nitrogens with zero attached hydrogens (tertiary/aromatic N) is 3. The highest BCUT2D eigenvalue weighted by atomic mass is 15.3. The third kappa shape index (κ3) is 2.09. The molecule has 3 rings (SSSR count). The summed E-state index contributed by atoms with van der Waals surface area (Å²) in [5.41, 5.74) is 0. The Morgan fingerprint density at radius 3 is 2.69 bits per heavy atom. The van der Waals surface area contributed by atoms with E-state index in [4.69, 9.17) is 0 Å². The number of aromatic nitrogens is 2. The minimum absolute atomic E-state index is 0.623. The second kappa shape index (κ2) is 4.25. The largest absolute Gasteiger partial charge is 0.364 e. The fourth-order valence-corrected chi connectivity index (χ4v) is 1.96. The van der Waals surface area contributed by atoms with Gasteiger partial charge >= 0.3 is 0 Å². The highest BCUT2D eigenvalue weighted by molar-refractivity contribution is 5.61. The molecule has 0 radical (unpaired) electrons. The zero-order valence-corrected chi connectivity index (χ0v) is 9.32. The van der Waals surface area contributed by atoms with Gasteiger partial charge in [-0.3, -0.25) is 0 Å². The fourth-order valence-electron chi connectivity index (χ4n) is 1.96. The quantitative estimate of drug-likeness (QED) is 0.773. The highest BCUT2D eigenvalue weighted by Gasteiger charge is 2.24. The zero-order chi connectivity index (χ0) is 10.8. The van der Waals surface area contributed by atoms with Gasteiger partial charge in [-0.25, -0.2) is 9.97 Å². The maximum atomic E-state index is 4.46. The van der Waals surface area contributed by atoms with Gasteiger partial charge in [0, 0.05) is 44.6 Å². The predicted octanol–water partition coefficient (Wildman–Crippen LogP) is 0.460. The molecular formula is C11H17N5. The van der Waals surface area contributed by atoms with Gasteiger partial charge in [0.25, 0.3) is 0 Å². The van der Waals surface area contributed by atoms with E-state index in [1.807, 2.05) is 0 Å². The summed E-state index contributed by atoms with van der Waals surface area (Å²) in [6, 6.07) is 0.623. The van der Waals surface area contributed by atoms with Crippen molar-refractivity contribution in [1.82, 2.24) is 15.3 Å². The molecule has 0 atom stereocenters. The molecule has 5 heteroatoms. The van der Waals surface area contributed by atoms with Gasteiger partial charge in [0.05, 0.1) is 0 Å². The Balaban J connectivity index is 1.79. The molecule has 16 heavy (non-hydrogen) atoms. The third-order valence-corrected chi connectivity index (χ3v) is 3.01. The average Bonchev–Trinajstić information content (AvgIpc) is 3.15. The number of rotatable bonds is 3. The summed E-state index contributed by atoms with van der Waals surface area (Å²) in [7, 11) is 0. The summed E-state index contributed by atoms with van der Waals surface area (Å²) in [5, 5.41) is 6.79. The molecule has 0 amide bonds. The van der Waals surface area contributed by atoms with Crippen molar-refractivity contribution < 1.29 is 0 Å². The first-order valence-electron chi connectivity index (χ1n) is 5.97. The highest BCUT2D eigenvalue weighted by Crippen LogP contribution is 2.28. The maximum absolute atomic E-state index is 4.46. The minimum Gasteiger partial charge on any atom is -0.364 e. The van der Waals surface area contributed by atoms with Crippen LogP contribution in [0.15, 0.2) is 12.4 Å². The molecular weight excluding hydrogens is 202 g/mol. The van der Waals surface area contributed by atoms with Crippen molar-refractivity contribution in [3.05, 3.63) is 12.4 Å². The lowest BCUT2D eigenvalue weighted by molar-refractivity contribution is 0.584. The van der Waals surface area contributed by atoms with Crippen molar-refractivity contribution in [3.63, 3.8) is 0 Å². The van der Waals surface area contributed by atoms with E-state index in [1.54, 1.807) is 12.4 Å². The zero-order valence-electron chi connectivity index (χ0n) is 9.32. The molecule has 1 saturated heterocycles. The van der Waals surface area contributed by atoms with Gasteiger partial charge < -0.3 is 15.5 Å². The van der Waals surface area contributed by atoms with E-state index in [2.05, 4.69) is 25.5 Å². The second-order valence-electron chi connectivity index (χ2n) is 4.38.